The summed E-state index contributed by atoms with van der Waals surface area (Å²) in [5.74, 6) is 0.272. The van der Waals surface area contributed by atoms with Crippen molar-refractivity contribution in [2.24, 2.45) is 5.73 Å². The van der Waals surface area contributed by atoms with Crippen LogP contribution in [-0.2, 0) is 0 Å². The van der Waals surface area contributed by atoms with Crippen LogP contribution in [0.25, 0.3) is 0 Å². The van der Waals surface area contributed by atoms with Crippen molar-refractivity contribution in [2.45, 2.75) is 19.8 Å². The number of aromatic amines is 1. The molecule has 0 fully saturated rings. The van der Waals surface area contributed by atoms with Crippen molar-refractivity contribution >= 4 is 17.3 Å². The lowest BCUT2D eigenvalue weighted by atomic mass is 10.1. The average Bonchev–Trinajstić information content (AvgIpc) is 2.30. The van der Waals surface area contributed by atoms with Gasteiger partial charge in [-0.05, 0) is 18.1 Å². The normalized spacial score (nSPS) is 10.6. The van der Waals surface area contributed by atoms with Crippen LogP contribution in [0.3, 0.4) is 0 Å². The second-order valence-electron chi connectivity index (χ2n) is 2.88. The van der Waals surface area contributed by atoms with Gasteiger partial charge in [0.2, 0.25) is 0 Å². The fraction of sp³-hybridized carbons (Fsp3) is 0.429. The van der Waals surface area contributed by atoms with Gasteiger partial charge >= 0.3 is 0 Å². The molecule has 0 unspecified atom stereocenters. The maximum Gasteiger partial charge on any atom is 0.273 e. The van der Waals surface area contributed by atoms with Gasteiger partial charge in [0.25, 0.3) is 5.56 Å². The fourth-order valence-electron chi connectivity index (χ4n) is 0.874. The Bertz CT molecular complexity index is 350. The van der Waals surface area contributed by atoms with Crippen LogP contribution in [0, 0.1) is 0 Å². The van der Waals surface area contributed by atoms with E-state index in [1.807, 2.05) is 13.8 Å². The lowest BCUT2D eigenvalue weighted by Gasteiger charge is -2.00. The smallest absolute Gasteiger partial charge is 0.273 e. The van der Waals surface area contributed by atoms with Crippen molar-refractivity contribution in [3.63, 3.8) is 0 Å². The Morgan fingerprint density at radius 2 is 2.33 bits per heavy atom. The van der Waals surface area contributed by atoms with E-state index in [9.17, 15) is 4.79 Å². The highest BCUT2D eigenvalue weighted by molar-refractivity contribution is 7.80. The molecule has 1 aromatic heterocycles. The van der Waals surface area contributed by atoms with Crippen LogP contribution in [0.5, 0.6) is 0 Å². The molecule has 1 rings (SSSR count). The summed E-state index contributed by atoms with van der Waals surface area (Å²) in [5.41, 5.74) is 5.93. The Morgan fingerprint density at radius 1 is 1.75 bits per heavy atom. The molecule has 12 heavy (non-hydrogen) atoms. The Labute approximate surface area is 75.4 Å². The van der Waals surface area contributed by atoms with Crippen molar-refractivity contribution in [2.75, 3.05) is 0 Å². The second kappa shape index (κ2) is 3.10. The van der Waals surface area contributed by atoms with Gasteiger partial charge in [0.05, 0.1) is 0 Å². The van der Waals surface area contributed by atoms with Gasteiger partial charge in [-0.3, -0.25) is 9.89 Å². The van der Waals surface area contributed by atoms with Gasteiger partial charge < -0.3 is 5.73 Å². The molecule has 3 N–H and O–H groups in total. The van der Waals surface area contributed by atoms with Crippen LogP contribution < -0.4 is 11.3 Å². The first-order chi connectivity index (χ1) is 5.52. The van der Waals surface area contributed by atoms with Crippen molar-refractivity contribution < 1.29 is 0 Å². The maximum atomic E-state index is 11.2. The number of thiocarbonyl (C=S) groups is 1. The Hall–Kier alpha value is -1.10. The minimum Gasteiger partial charge on any atom is -0.374 e. The number of nitrogens with zero attached hydrogens (tertiary/aromatic N) is 1. The topological polar surface area (TPSA) is 63.8 Å². The average molecular weight is 185 g/mol. The summed E-state index contributed by atoms with van der Waals surface area (Å²) in [6.07, 6.45) is 0. The van der Waals surface area contributed by atoms with Crippen molar-refractivity contribution in [3.8, 4) is 0 Å². The minimum atomic E-state index is -0.203. The van der Waals surface area contributed by atoms with Gasteiger partial charge in [0.15, 0.2) is 5.11 Å². The van der Waals surface area contributed by atoms with Crippen LogP contribution in [0.2, 0.25) is 0 Å². The highest BCUT2D eigenvalue weighted by Crippen LogP contribution is 2.07. The number of nitrogens with one attached hydrogen (secondary N) is 1. The highest BCUT2D eigenvalue weighted by Gasteiger charge is 2.06. The molecule has 0 radical (unpaired) electrons. The predicted molar refractivity (Wildman–Crippen MR) is 51.3 cm³/mol. The molecule has 5 heteroatoms. The first kappa shape index (κ1) is 8.99. The molecule has 0 aliphatic carbocycles. The van der Waals surface area contributed by atoms with Crippen LogP contribution in [0.4, 0.5) is 0 Å². The zero-order chi connectivity index (χ0) is 9.30. The van der Waals surface area contributed by atoms with Crippen molar-refractivity contribution in [3.05, 3.63) is 22.1 Å². The second-order valence-corrected chi connectivity index (χ2v) is 3.30. The summed E-state index contributed by atoms with van der Waals surface area (Å²) in [5, 5.41) is 2.87. The summed E-state index contributed by atoms with van der Waals surface area (Å²) < 4.78 is 1.16. The molecule has 0 aromatic carbocycles. The number of nitrogens with two attached hydrogens (primary N) is 1. The van der Waals surface area contributed by atoms with E-state index in [0.717, 1.165) is 10.4 Å². The summed E-state index contributed by atoms with van der Waals surface area (Å²) in [6.45, 7) is 3.96. The quantitative estimate of drug-likeness (QED) is 0.622. The van der Waals surface area contributed by atoms with E-state index in [4.69, 9.17) is 5.73 Å². The van der Waals surface area contributed by atoms with E-state index >= 15 is 0 Å². The van der Waals surface area contributed by atoms with E-state index in [-0.39, 0.29) is 16.6 Å². The van der Waals surface area contributed by atoms with Crippen LogP contribution in [-0.4, -0.2) is 14.9 Å². The van der Waals surface area contributed by atoms with E-state index < -0.39 is 0 Å². The molecule has 0 saturated carbocycles. The van der Waals surface area contributed by atoms with Crippen LogP contribution in [0.1, 0.15) is 25.5 Å². The van der Waals surface area contributed by atoms with Gasteiger partial charge in [0, 0.05) is 11.8 Å². The first-order valence-electron chi connectivity index (χ1n) is 3.64. The van der Waals surface area contributed by atoms with Gasteiger partial charge in [0.1, 0.15) is 0 Å². The minimum absolute atomic E-state index is 0.0481. The number of rotatable bonds is 1. The lowest BCUT2D eigenvalue weighted by molar-refractivity contribution is 0.781. The third-order valence-electron chi connectivity index (χ3n) is 1.58. The molecular weight excluding hydrogens is 174 g/mol. The standard InChI is InChI=1S/C7H11N3OS/c1-4(2)5-3-6(11)10(9-5)7(8)12/h3-4,9H,1-2H3,(H2,8,12). The van der Waals surface area contributed by atoms with E-state index in [2.05, 4.69) is 17.3 Å². The van der Waals surface area contributed by atoms with E-state index in [1.54, 1.807) is 0 Å². The SMILES string of the molecule is CC(C)c1cc(=O)n(C(N)=S)[nH]1. The third kappa shape index (κ3) is 1.55. The van der Waals surface area contributed by atoms with E-state index in [1.165, 1.54) is 6.07 Å². The van der Waals surface area contributed by atoms with Gasteiger partial charge in [-0.15, -0.1) is 0 Å². The van der Waals surface area contributed by atoms with Gasteiger partial charge in [-0.2, -0.15) is 4.68 Å². The van der Waals surface area contributed by atoms with Crippen molar-refractivity contribution in [1.29, 1.82) is 0 Å². The molecule has 0 atom stereocenters. The third-order valence-corrected chi connectivity index (χ3v) is 1.77. The Kier molecular flexibility index (Phi) is 2.32. The summed E-state index contributed by atoms with van der Waals surface area (Å²) in [7, 11) is 0. The van der Waals surface area contributed by atoms with Crippen LogP contribution in [0.15, 0.2) is 10.9 Å². The summed E-state index contributed by atoms with van der Waals surface area (Å²) in [4.78, 5) is 11.2. The molecule has 1 aromatic rings. The molecule has 0 aliphatic heterocycles. The molecule has 66 valence electrons. The number of hydrogen-bond donors (Lipinski definition) is 2. The Balaban J connectivity index is 3.18. The zero-order valence-electron chi connectivity index (χ0n) is 7.00. The van der Waals surface area contributed by atoms with Crippen molar-refractivity contribution in [1.82, 2.24) is 9.78 Å². The molecule has 0 bridgehead atoms. The first-order valence-corrected chi connectivity index (χ1v) is 4.05. The predicted octanol–water partition coefficient (Wildman–Crippen LogP) is 0.392. The monoisotopic (exact) mass is 185 g/mol. The summed E-state index contributed by atoms with van der Waals surface area (Å²) >= 11 is 4.66. The fourth-order valence-corrected chi connectivity index (χ4v) is 1.01. The molecule has 0 aliphatic rings. The molecule has 4 nitrogen and oxygen atoms in total. The number of H-pyrrole nitrogens is 1. The summed E-state index contributed by atoms with van der Waals surface area (Å²) in [6, 6.07) is 1.50. The number of aromatic nitrogens is 2. The maximum absolute atomic E-state index is 11.2. The zero-order valence-corrected chi connectivity index (χ0v) is 7.81. The number of hydrogen-bond acceptors (Lipinski definition) is 2. The molecule has 0 amide bonds. The van der Waals surface area contributed by atoms with Crippen LogP contribution >= 0.6 is 12.2 Å². The van der Waals surface area contributed by atoms with Gasteiger partial charge in [-0.1, -0.05) is 13.8 Å². The largest absolute Gasteiger partial charge is 0.374 e. The van der Waals surface area contributed by atoms with Gasteiger partial charge in [-0.25, -0.2) is 0 Å². The molecule has 0 spiro atoms. The Morgan fingerprint density at radius 3 is 2.58 bits per heavy atom. The highest BCUT2D eigenvalue weighted by atomic mass is 32.1. The molecule has 0 saturated heterocycles. The molecule has 1 heterocycles. The molecular formula is C7H11N3OS. The van der Waals surface area contributed by atoms with E-state index in [0.29, 0.717) is 0 Å². The lowest BCUT2D eigenvalue weighted by Crippen LogP contribution is -2.29.